The highest BCUT2D eigenvalue weighted by Crippen LogP contribution is 2.27. The summed E-state index contributed by atoms with van der Waals surface area (Å²) >= 11 is 0. The molecule has 2 aromatic carbocycles. The first-order valence-corrected chi connectivity index (χ1v) is 9.28. The van der Waals surface area contributed by atoms with Crippen LogP contribution in [0.5, 0.6) is 0 Å². The lowest BCUT2D eigenvalue weighted by atomic mass is 10.0. The third-order valence-electron chi connectivity index (χ3n) is 3.73. The molecule has 24 heavy (non-hydrogen) atoms. The second kappa shape index (κ2) is 7.57. The zero-order valence-corrected chi connectivity index (χ0v) is 14.3. The van der Waals surface area contributed by atoms with Crippen molar-refractivity contribution in [3.63, 3.8) is 0 Å². The van der Waals surface area contributed by atoms with Crippen LogP contribution in [-0.2, 0) is 19.4 Å². The van der Waals surface area contributed by atoms with Gasteiger partial charge in [0.05, 0.1) is 11.9 Å². The van der Waals surface area contributed by atoms with E-state index in [0.717, 1.165) is 0 Å². The fourth-order valence-electron chi connectivity index (χ4n) is 2.33. The second-order valence-corrected chi connectivity index (χ2v) is 7.68. The van der Waals surface area contributed by atoms with Crippen LogP contribution in [0.4, 0.5) is 4.39 Å². The van der Waals surface area contributed by atoms with E-state index in [4.69, 9.17) is 4.74 Å². The van der Waals surface area contributed by atoms with Gasteiger partial charge >= 0.3 is 5.97 Å². The van der Waals surface area contributed by atoms with Crippen LogP contribution in [-0.4, -0.2) is 26.7 Å². The summed E-state index contributed by atoms with van der Waals surface area (Å²) in [5.74, 6) is -1.75. The molecule has 0 heterocycles. The Morgan fingerprint density at radius 1 is 1.12 bits per heavy atom. The van der Waals surface area contributed by atoms with Crippen LogP contribution >= 0.6 is 0 Å². The van der Waals surface area contributed by atoms with E-state index in [1.165, 1.54) is 13.0 Å². The molecule has 0 N–H and O–H groups in total. The number of esters is 1. The van der Waals surface area contributed by atoms with Gasteiger partial charge in [-0.1, -0.05) is 42.5 Å². The molecule has 0 radical (unpaired) electrons. The number of rotatable bonds is 6. The van der Waals surface area contributed by atoms with Gasteiger partial charge in [-0.05, 0) is 31.0 Å². The number of hydrogen-bond acceptors (Lipinski definition) is 4. The van der Waals surface area contributed by atoms with Crippen molar-refractivity contribution in [1.29, 1.82) is 0 Å². The first kappa shape index (κ1) is 18.1. The maximum absolute atomic E-state index is 13.8. The minimum Gasteiger partial charge on any atom is -0.465 e. The smallest absolute Gasteiger partial charge is 0.321 e. The topological polar surface area (TPSA) is 60.4 Å². The van der Waals surface area contributed by atoms with Gasteiger partial charge in [-0.3, -0.25) is 4.79 Å². The summed E-state index contributed by atoms with van der Waals surface area (Å²) in [5, 5.41) is -0.850. The summed E-state index contributed by atoms with van der Waals surface area (Å²) in [7, 11) is -3.67. The average Bonchev–Trinajstić information content (AvgIpc) is 2.54. The third-order valence-corrected chi connectivity index (χ3v) is 5.72. The number of carbonyl (C=O) groups is 1. The number of ether oxygens (including phenoxy) is 1. The molecule has 0 fully saturated rings. The van der Waals surface area contributed by atoms with E-state index in [-0.39, 0.29) is 12.4 Å². The van der Waals surface area contributed by atoms with Crippen molar-refractivity contribution >= 4 is 15.8 Å². The van der Waals surface area contributed by atoms with Gasteiger partial charge in [-0.25, -0.2) is 12.8 Å². The van der Waals surface area contributed by atoms with Crippen molar-refractivity contribution < 1.29 is 22.3 Å². The van der Waals surface area contributed by atoms with Crippen LogP contribution in [0.2, 0.25) is 0 Å². The van der Waals surface area contributed by atoms with E-state index in [9.17, 15) is 17.6 Å². The van der Waals surface area contributed by atoms with Crippen molar-refractivity contribution in [2.75, 3.05) is 12.4 Å². The zero-order valence-electron chi connectivity index (χ0n) is 13.5. The minimum absolute atomic E-state index is 0.139. The summed E-state index contributed by atoms with van der Waals surface area (Å²) in [6.07, 6.45) is 0. The molecule has 0 amide bonds. The Labute approximate surface area is 141 Å². The summed E-state index contributed by atoms with van der Waals surface area (Å²) in [6.45, 7) is 3.28. The Hall–Kier alpha value is -2.21. The molecular formula is C18H19FO4S. The standard InChI is InChI=1S/C18H19FO4S/c1-3-23-18(20)12-24(21,22)13(2)14-8-10-15(11-9-14)16-6-4-5-7-17(16)19/h4-11,13H,3,12H2,1-2H3. The monoisotopic (exact) mass is 350 g/mol. The minimum atomic E-state index is -3.67. The number of sulfone groups is 1. The Balaban J connectivity index is 2.21. The first-order chi connectivity index (χ1) is 11.3. The first-order valence-electron chi connectivity index (χ1n) is 7.57. The molecule has 0 aliphatic heterocycles. The highest BCUT2D eigenvalue weighted by molar-refractivity contribution is 7.92. The third kappa shape index (κ3) is 4.20. The number of halogens is 1. The molecule has 6 heteroatoms. The number of carbonyl (C=O) groups excluding carboxylic acids is 1. The molecule has 1 unspecified atom stereocenters. The quantitative estimate of drug-likeness (QED) is 0.748. The highest BCUT2D eigenvalue weighted by Gasteiger charge is 2.26. The van der Waals surface area contributed by atoms with Crippen molar-refractivity contribution in [2.45, 2.75) is 19.1 Å². The van der Waals surface area contributed by atoms with Gasteiger partial charge in [0.25, 0.3) is 0 Å². The molecule has 0 aliphatic rings. The van der Waals surface area contributed by atoms with Crippen LogP contribution in [0.15, 0.2) is 48.5 Å². The maximum atomic E-state index is 13.8. The predicted octanol–water partition coefficient (Wildman–Crippen LogP) is 3.53. The van der Waals surface area contributed by atoms with Gasteiger partial charge in [0.1, 0.15) is 11.6 Å². The largest absolute Gasteiger partial charge is 0.465 e. The second-order valence-electron chi connectivity index (χ2n) is 5.36. The number of benzene rings is 2. The zero-order chi connectivity index (χ0) is 17.7. The molecule has 0 spiro atoms. The highest BCUT2D eigenvalue weighted by atomic mass is 32.2. The molecule has 0 saturated carbocycles. The van der Waals surface area contributed by atoms with Crippen LogP contribution in [0, 0.1) is 5.82 Å². The lowest BCUT2D eigenvalue weighted by Gasteiger charge is -2.13. The van der Waals surface area contributed by atoms with E-state index in [0.29, 0.717) is 16.7 Å². The van der Waals surface area contributed by atoms with E-state index in [1.807, 2.05) is 0 Å². The molecular weight excluding hydrogens is 331 g/mol. The van der Waals surface area contributed by atoms with Gasteiger partial charge in [0.15, 0.2) is 9.84 Å². The van der Waals surface area contributed by atoms with E-state index in [1.54, 1.807) is 49.4 Å². The van der Waals surface area contributed by atoms with E-state index < -0.39 is 26.8 Å². The fraction of sp³-hybridized carbons (Fsp3) is 0.278. The Bertz CT molecular complexity index is 813. The molecule has 0 aliphatic carbocycles. The SMILES string of the molecule is CCOC(=O)CS(=O)(=O)C(C)c1ccc(-c2ccccc2F)cc1. The van der Waals surface area contributed by atoms with E-state index in [2.05, 4.69) is 0 Å². The molecule has 0 saturated heterocycles. The fourth-order valence-corrected chi connectivity index (χ4v) is 3.56. The van der Waals surface area contributed by atoms with Gasteiger partial charge in [0.2, 0.25) is 0 Å². The van der Waals surface area contributed by atoms with Crippen LogP contribution in [0.3, 0.4) is 0 Å². The van der Waals surface area contributed by atoms with Gasteiger partial charge < -0.3 is 4.74 Å². The van der Waals surface area contributed by atoms with Crippen molar-refractivity contribution in [2.24, 2.45) is 0 Å². The number of hydrogen-bond donors (Lipinski definition) is 0. The maximum Gasteiger partial charge on any atom is 0.321 e. The van der Waals surface area contributed by atoms with Gasteiger partial charge in [0, 0.05) is 5.56 Å². The molecule has 0 aromatic heterocycles. The molecule has 4 nitrogen and oxygen atoms in total. The summed E-state index contributed by atoms with van der Waals surface area (Å²) < 4.78 is 43.0. The van der Waals surface area contributed by atoms with Crippen molar-refractivity contribution in [3.05, 3.63) is 59.9 Å². The average molecular weight is 350 g/mol. The summed E-state index contributed by atoms with van der Waals surface area (Å²) in [4.78, 5) is 11.4. The Morgan fingerprint density at radius 3 is 2.33 bits per heavy atom. The predicted molar refractivity (Wildman–Crippen MR) is 90.7 cm³/mol. The summed E-state index contributed by atoms with van der Waals surface area (Å²) in [5.41, 5.74) is 1.65. The lowest BCUT2D eigenvalue weighted by molar-refractivity contribution is -0.139. The van der Waals surface area contributed by atoms with E-state index >= 15 is 0 Å². The molecule has 128 valence electrons. The lowest BCUT2D eigenvalue weighted by Crippen LogP contribution is -2.22. The van der Waals surface area contributed by atoms with Gasteiger partial charge in [-0.2, -0.15) is 0 Å². The molecule has 2 aromatic rings. The molecule has 1 atom stereocenters. The van der Waals surface area contributed by atoms with Crippen LogP contribution in [0.1, 0.15) is 24.7 Å². The van der Waals surface area contributed by atoms with Crippen molar-refractivity contribution in [1.82, 2.24) is 0 Å². The Kier molecular flexibility index (Phi) is 5.72. The van der Waals surface area contributed by atoms with Crippen LogP contribution < -0.4 is 0 Å². The van der Waals surface area contributed by atoms with Crippen LogP contribution in [0.25, 0.3) is 11.1 Å². The molecule has 0 bridgehead atoms. The summed E-state index contributed by atoms with van der Waals surface area (Å²) in [6, 6.07) is 13.0. The van der Waals surface area contributed by atoms with Crippen molar-refractivity contribution in [3.8, 4) is 11.1 Å². The molecule has 2 rings (SSSR count). The normalized spacial score (nSPS) is 12.6. The Morgan fingerprint density at radius 2 is 1.75 bits per heavy atom. The van der Waals surface area contributed by atoms with Gasteiger partial charge in [-0.15, -0.1) is 0 Å².